The van der Waals surface area contributed by atoms with E-state index in [9.17, 15) is 4.79 Å². The molecular formula is C7H9NO3. The molecule has 0 atom stereocenters. The maximum Gasteiger partial charge on any atom is 0.256 e. The van der Waals surface area contributed by atoms with Crippen molar-refractivity contribution in [2.45, 2.75) is 0 Å². The normalized spacial score (nSPS) is 9.55. The van der Waals surface area contributed by atoms with Crippen LogP contribution in [0.25, 0.3) is 0 Å². The number of methoxy groups -OCH3 is 1. The Morgan fingerprint density at radius 3 is 3.18 bits per heavy atom. The SMILES string of the molecule is COCNC(=O)c1ccoc1. The molecule has 4 nitrogen and oxygen atoms in total. The van der Waals surface area contributed by atoms with E-state index in [4.69, 9.17) is 4.42 Å². The van der Waals surface area contributed by atoms with Gasteiger partial charge in [-0.1, -0.05) is 0 Å². The number of nitrogens with one attached hydrogen (secondary N) is 1. The summed E-state index contributed by atoms with van der Waals surface area (Å²) in [6.07, 6.45) is 2.83. The van der Waals surface area contributed by atoms with E-state index in [-0.39, 0.29) is 12.6 Å². The molecule has 0 radical (unpaired) electrons. The highest BCUT2D eigenvalue weighted by atomic mass is 16.5. The smallest absolute Gasteiger partial charge is 0.256 e. The van der Waals surface area contributed by atoms with Gasteiger partial charge in [-0.25, -0.2) is 0 Å². The van der Waals surface area contributed by atoms with Crippen molar-refractivity contribution in [3.05, 3.63) is 24.2 Å². The van der Waals surface area contributed by atoms with E-state index in [0.717, 1.165) is 0 Å². The van der Waals surface area contributed by atoms with Crippen LogP contribution in [0.1, 0.15) is 10.4 Å². The molecule has 0 fully saturated rings. The third kappa shape index (κ3) is 2.09. The third-order valence-electron chi connectivity index (χ3n) is 1.16. The zero-order valence-electron chi connectivity index (χ0n) is 6.16. The minimum absolute atomic E-state index is 0.194. The van der Waals surface area contributed by atoms with Crippen molar-refractivity contribution in [1.82, 2.24) is 5.32 Å². The molecule has 4 heteroatoms. The predicted molar refractivity (Wildman–Crippen MR) is 38.1 cm³/mol. The molecule has 0 aliphatic carbocycles. The molecule has 1 aromatic heterocycles. The molecule has 0 saturated carbocycles. The van der Waals surface area contributed by atoms with Crippen molar-refractivity contribution in [2.75, 3.05) is 13.8 Å². The topological polar surface area (TPSA) is 51.5 Å². The number of amides is 1. The summed E-state index contributed by atoms with van der Waals surface area (Å²) in [6.45, 7) is 0.212. The van der Waals surface area contributed by atoms with E-state index in [1.54, 1.807) is 6.07 Å². The van der Waals surface area contributed by atoms with Crippen molar-refractivity contribution in [1.29, 1.82) is 0 Å². The van der Waals surface area contributed by atoms with E-state index in [2.05, 4.69) is 10.1 Å². The zero-order valence-corrected chi connectivity index (χ0v) is 6.16. The van der Waals surface area contributed by atoms with E-state index in [1.165, 1.54) is 19.6 Å². The van der Waals surface area contributed by atoms with Crippen LogP contribution in [0.2, 0.25) is 0 Å². The summed E-state index contributed by atoms with van der Waals surface area (Å²) in [5.74, 6) is -0.194. The van der Waals surface area contributed by atoms with Crippen molar-refractivity contribution < 1.29 is 13.9 Å². The lowest BCUT2D eigenvalue weighted by atomic mass is 10.3. The Bertz CT molecular complexity index is 218. The van der Waals surface area contributed by atoms with E-state index >= 15 is 0 Å². The Balaban J connectivity index is 2.43. The quantitative estimate of drug-likeness (QED) is 0.651. The minimum atomic E-state index is -0.194. The van der Waals surface area contributed by atoms with E-state index < -0.39 is 0 Å². The molecule has 60 valence electrons. The maximum atomic E-state index is 11.0. The number of hydrogen-bond acceptors (Lipinski definition) is 3. The molecule has 1 N–H and O–H groups in total. The molecule has 0 aliphatic rings. The Hall–Kier alpha value is -1.29. The first-order valence-corrected chi connectivity index (χ1v) is 3.14. The molecule has 1 heterocycles. The highest BCUT2D eigenvalue weighted by Gasteiger charge is 2.03. The van der Waals surface area contributed by atoms with E-state index in [1.807, 2.05) is 0 Å². The average Bonchev–Trinajstić information content (AvgIpc) is 2.52. The number of ether oxygens (including phenoxy) is 1. The standard InChI is InChI=1S/C7H9NO3/c1-10-5-8-7(9)6-2-3-11-4-6/h2-4H,5H2,1H3,(H,8,9). The lowest BCUT2D eigenvalue weighted by molar-refractivity contribution is 0.0871. The Labute approximate surface area is 64.1 Å². The summed E-state index contributed by atoms with van der Waals surface area (Å²) in [5, 5.41) is 2.51. The van der Waals surface area contributed by atoms with Crippen LogP contribution in [0.4, 0.5) is 0 Å². The van der Waals surface area contributed by atoms with Crippen LogP contribution in [0, 0.1) is 0 Å². The molecule has 1 aromatic rings. The molecule has 0 aliphatic heterocycles. The minimum Gasteiger partial charge on any atom is -0.472 e. The van der Waals surface area contributed by atoms with Crippen LogP contribution in [0.15, 0.2) is 23.0 Å². The van der Waals surface area contributed by atoms with Crippen LogP contribution in [-0.4, -0.2) is 19.7 Å². The second-order valence-electron chi connectivity index (χ2n) is 1.95. The molecular weight excluding hydrogens is 146 g/mol. The fraction of sp³-hybridized carbons (Fsp3) is 0.286. The van der Waals surface area contributed by atoms with Gasteiger partial charge in [-0.2, -0.15) is 0 Å². The van der Waals surface area contributed by atoms with Gasteiger partial charge in [-0.3, -0.25) is 4.79 Å². The zero-order chi connectivity index (χ0) is 8.10. The Kier molecular flexibility index (Phi) is 2.68. The third-order valence-corrected chi connectivity index (χ3v) is 1.16. The van der Waals surface area contributed by atoms with Gasteiger partial charge in [0.1, 0.15) is 13.0 Å². The van der Waals surface area contributed by atoms with Crippen molar-refractivity contribution in [3.8, 4) is 0 Å². The first-order chi connectivity index (χ1) is 5.34. The number of furan rings is 1. The predicted octanol–water partition coefficient (Wildman–Crippen LogP) is 0.613. The van der Waals surface area contributed by atoms with Gasteiger partial charge < -0.3 is 14.5 Å². The molecule has 0 bridgehead atoms. The largest absolute Gasteiger partial charge is 0.472 e. The lowest BCUT2D eigenvalue weighted by Gasteiger charge is -1.99. The molecule has 11 heavy (non-hydrogen) atoms. The fourth-order valence-electron chi connectivity index (χ4n) is 0.633. The lowest BCUT2D eigenvalue weighted by Crippen LogP contribution is -2.24. The van der Waals surface area contributed by atoms with Gasteiger partial charge in [0.2, 0.25) is 0 Å². The van der Waals surface area contributed by atoms with Gasteiger partial charge in [0.15, 0.2) is 0 Å². The second-order valence-corrected chi connectivity index (χ2v) is 1.95. The van der Waals surface area contributed by atoms with Crippen molar-refractivity contribution >= 4 is 5.91 Å². The highest BCUT2D eigenvalue weighted by Crippen LogP contribution is 1.98. The van der Waals surface area contributed by atoms with Crippen LogP contribution in [0.5, 0.6) is 0 Å². The number of carbonyl (C=O) groups is 1. The van der Waals surface area contributed by atoms with Crippen LogP contribution < -0.4 is 5.32 Å². The van der Waals surface area contributed by atoms with Crippen molar-refractivity contribution in [2.24, 2.45) is 0 Å². The summed E-state index contributed by atoms with van der Waals surface area (Å²) in [7, 11) is 1.51. The molecule has 0 aromatic carbocycles. The second kappa shape index (κ2) is 3.78. The first-order valence-electron chi connectivity index (χ1n) is 3.14. The molecule has 1 rings (SSSR count). The van der Waals surface area contributed by atoms with Crippen LogP contribution >= 0.6 is 0 Å². The summed E-state index contributed by atoms with van der Waals surface area (Å²) < 4.78 is 9.36. The van der Waals surface area contributed by atoms with Gasteiger partial charge in [0.05, 0.1) is 11.8 Å². The molecule has 0 unspecified atom stereocenters. The Morgan fingerprint density at radius 1 is 1.82 bits per heavy atom. The molecule has 1 amide bonds. The number of rotatable bonds is 3. The van der Waals surface area contributed by atoms with E-state index in [0.29, 0.717) is 5.56 Å². The maximum absolute atomic E-state index is 11.0. The fourth-order valence-corrected chi connectivity index (χ4v) is 0.633. The molecule has 0 spiro atoms. The van der Waals surface area contributed by atoms with Crippen molar-refractivity contribution in [3.63, 3.8) is 0 Å². The molecule has 0 saturated heterocycles. The monoisotopic (exact) mass is 155 g/mol. The number of hydrogen-bond donors (Lipinski definition) is 1. The van der Waals surface area contributed by atoms with Gasteiger partial charge in [0, 0.05) is 7.11 Å². The van der Waals surface area contributed by atoms with Crippen LogP contribution in [-0.2, 0) is 4.74 Å². The van der Waals surface area contributed by atoms with Gasteiger partial charge in [0.25, 0.3) is 5.91 Å². The van der Waals surface area contributed by atoms with Gasteiger partial charge in [-0.15, -0.1) is 0 Å². The summed E-state index contributed by atoms with van der Waals surface area (Å²) in [6, 6.07) is 1.59. The van der Waals surface area contributed by atoms with Gasteiger partial charge in [-0.05, 0) is 6.07 Å². The first kappa shape index (κ1) is 7.81. The highest BCUT2D eigenvalue weighted by molar-refractivity contribution is 5.93. The Morgan fingerprint density at radius 2 is 2.64 bits per heavy atom. The number of carbonyl (C=O) groups excluding carboxylic acids is 1. The van der Waals surface area contributed by atoms with Crippen LogP contribution in [0.3, 0.4) is 0 Å². The average molecular weight is 155 g/mol. The van der Waals surface area contributed by atoms with Gasteiger partial charge >= 0.3 is 0 Å². The summed E-state index contributed by atoms with van der Waals surface area (Å²) in [5.41, 5.74) is 0.502. The summed E-state index contributed by atoms with van der Waals surface area (Å²) in [4.78, 5) is 11.0. The summed E-state index contributed by atoms with van der Waals surface area (Å²) >= 11 is 0.